The number of ether oxygens (including phenoxy) is 1. The first kappa shape index (κ1) is 16.5. The predicted octanol–water partition coefficient (Wildman–Crippen LogP) is 3.51. The van der Waals surface area contributed by atoms with E-state index < -0.39 is 5.97 Å². The van der Waals surface area contributed by atoms with Crippen LogP contribution in [-0.2, 0) is 11.3 Å². The van der Waals surface area contributed by atoms with Gasteiger partial charge < -0.3 is 9.26 Å². The molecule has 0 N–H and O–H groups in total. The fraction of sp³-hybridized carbons (Fsp3) is 0.412. The lowest BCUT2D eigenvalue weighted by Crippen LogP contribution is -2.11. The first-order valence-electron chi connectivity index (χ1n) is 7.63. The molecule has 0 amide bonds. The second kappa shape index (κ2) is 6.65. The van der Waals surface area contributed by atoms with Gasteiger partial charge in [-0.2, -0.15) is 5.26 Å². The summed E-state index contributed by atoms with van der Waals surface area (Å²) >= 11 is 1.37. The lowest BCUT2D eigenvalue weighted by molar-refractivity contribution is 0.0469. The Bertz CT molecular complexity index is 815. The Morgan fingerprint density at radius 3 is 2.79 bits per heavy atom. The van der Waals surface area contributed by atoms with E-state index in [9.17, 15) is 10.1 Å². The SMILES string of the molecule is CSc1nc(C2CC2)cc(C(=O)OCc2c(C)noc2C)c1C#N. The van der Waals surface area contributed by atoms with Crippen LogP contribution in [-0.4, -0.2) is 22.4 Å². The molecule has 7 heteroatoms. The van der Waals surface area contributed by atoms with E-state index in [1.165, 1.54) is 11.8 Å². The Balaban J connectivity index is 1.88. The van der Waals surface area contributed by atoms with Crippen LogP contribution in [0.3, 0.4) is 0 Å². The van der Waals surface area contributed by atoms with Crippen molar-refractivity contribution in [1.29, 1.82) is 5.26 Å². The summed E-state index contributed by atoms with van der Waals surface area (Å²) in [6, 6.07) is 3.78. The van der Waals surface area contributed by atoms with Gasteiger partial charge in [-0.15, -0.1) is 11.8 Å². The first-order chi connectivity index (χ1) is 11.5. The molecule has 6 nitrogen and oxygen atoms in total. The second-order valence-corrected chi connectivity index (χ2v) is 6.54. The first-order valence-corrected chi connectivity index (χ1v) is 8.85. The highest BCUT2D eigenvalue weighted by molar-refractivity contribution is 7.98. The van der Waals surface area contributed by atoms with Gasteiger partial charge in [0.15, 0.2) is 0 Å². The summed E-state index contributed by atoms with van der Waals surface area (Å²) in [6.45, 7) is 3.64. The minimum absolute atomic E-state index is 0.0700. The van der Waals surface area contributed by atoms with E-state index in [0.717, 1.165) is 24.1 Å². The molecule has 2 aromatic heterocycles. The van der Waals surface area contributed by atoms with Crippen molar-refractivity contribution in [2.24, 2.45) is 0 Å². The van der Waals surface area contributed by atoms with Gasteiger partial charge in [0.2, 0.25) is 0 Å². The van der Waals surface area contributed by atoms with Crippen molar-refractivity contribution in [3.8, 4) is 6.07 Å². The number of thioether (sulfide) groups is 1. The van der Waals surface area contributed by atoms with Crippen LogP contribution in [0.5, 0.6) is 0 Å². The van der Waals surface area contributed by atoms with Gasteiger partial charge in [-0.25, -0.2) is 9.78 Å². The minimum Gasteiger partial charge on any atom is -0.457 e. The second-order valence-electron chi connectivity index (χ2n) is 5.74. The molecular formula is C17H17N3O3S. The zero-order chi connectivity index (χ0) is 17.3. The van der Waals surface area contributed by atoms with E-state index in [1.807, 2.05) is 6.26 Å². The molecule has 0 unspecified atom stereocenters. The van der Waals surface area contributed by atoms with Gasteiger partial charge in [0.25, 0.3) is 0 Å². The average Bonchev–Trinajstić information content (AvgIpc) is 3.38. The number of esters is 1. The molecule has 0 spiro atoms. The molecule has 2 heterocycles. The molecule has 2 aromatic rings. The van der Waals surface area contributed by atoms with E-state index in [0.29, 0.717) is 22.4 Å². The Hall–Kier alpha value is -2.33. The monoisotopic (exact) mass is 343 g/mol. The molecule has 124 valence electrons. The van der Waals surface area contributed by atoms with Crippen LogP contribution in [0.15, 0.2) is 15.6 Å². The van der Waals surface area contributed by atoms with Crippen molar-refractivity contribution in [2.75, 3.05) is 6.26 Å². The maximum Gasteiger partial charge on any atom is 0.339 e. The van der Waals surface area contributed by atoms with Crippen LogP contribution in [0.2, 0.25) is 0 Å². The number of rotatable bonds is 5. The molecule has 24 heavy (non-hydrogen) atoms. The van der Waals surface area contributed by atoms with Crippen LogP contribution in [0.4, 0.5) is 0 Å². The number of carbonyl (C=O) groups is 1. The molecule has 0 aliphatic heterocycles. The van der Waals surface area contributed by atoms with Gasteiger partial charge in [0.1, 0.15) is 23.5 Å². The number of carbonyl (C=O) groups excluding carboxylic acids is 1. The van der Waals surface area contributed by atoms with Crippen molar-refractivity contribution in [3.63, 3.8) is 0 Å². The lowest BCUT2D eigenvalue weighted by atomic mass is 10.1. The van der Waals surface area contributed by atoms with Crippen molar-refractivity contribution in [3.05, 3.63) is 39.9 Å². The van der Waals surface area contributed by atoms with E-state index in [2.05, 4.69) is 16.2 Å². The molecule has 0 bridgehead atoms. The lowest BCUT2D eigenvalue weighted by Gasteiger charge is -2.10. The Kier molecular flexibility index (Phi) is 4.58. The number of nitrogens with zero attached hydrogens (tertiary/aromatic N) is 3. The van der Waals surface area contributed by atoms with Crippen molar-refractivity contribution < 1.29 is 14.1 Å². The van der Waals surface area contributed by atoms with Gasteiger partial charge in [-0.1, -0.05) is 5.16 Å². The Labute approximate surface area is 144 Å². The van der Waals surface area contributed by atoms with Gasteiger partial charge in [-0.3, -0.25) is 0 Å². The minimum atomic E-state index is -0.522. The quantitative estimate of drug-likeness (QED) is 0.606. The van der Waals surface area contributed by atoms with Crippen LogP contribution in [0, 0.1) is 25.2 Å². The fourth-order valence-corrected chi connectivity index (χ4v) is 3.03. The standard InChI is InChI=1S/C17H17N3O3S/c1-9-14(10(2)23-20-9)8-22-17(21)12-6-15(11-4-5-11)19-16(24-3)13(12)7-18/h6,11H,4-5,8H2,1-3H3. The molecule has 1 aliphatic carbocycles. The third-order valence-corrected chi connectivity index (χ3v) is 4.74. The van der Waals surface area contributed by atoms with Crippen LogP contribution in [0.1, 0.15) is 57.4 Å². The molecule has 0 aromatic carbocycles. The van der Waals surface area contributed by atoms with Gasteiger partial charge in [0, 0.05) is 11.6 Å². The van der Waals surface area contributed by atoms with Crippen LogP contribution >= 0.6 is 11.8 Å². The van der Waals surface area contributed by atoms with E-state index in [1.54, 1.807) is 19.9 Å². The summed E-state index contributed by atoms with van der Waals surface area (Å²) < 4.78 is 10.5. The molecule has 0 radical (unpaired) electrons. The molecule has 1 aliphatic rings. The average molecular weight is 343 g/mol. The maximum atomic E-state index is 12.5. The number of nitriles is 1. The summed E-state index contributed by atoms with van der Waals surface area (Å²) in [5, 5.41) is 13.8. The van der Waals surface area contributed by atoms with Crippen LogP contribution < -0.4 is 0 Å². The smallest absolute Gasteiger partial charge is 0.339 e. The summed E-state index contributed by atoms with van der Waals surface area (Å²) in [5.74, 6) is 0.489. The van der Waals surface area contributed by atoms with Crippen molar-refractivity contribution in [1.82, 2.24) is 10.1 Å². The zero-order valence-corrected chi connectivity index (χ0v) is 14.6. The molecule has 1 saturated carbocycles. The third kappa shape index (κ3) is 3.15. The molecule has 3 rings (SSSR count). The van der Waals surface area contributed by atoms with E-state index in [-0.39, 0.29) is 17.7 Å². The molecule has 1 fully saturated rings. The molecule has 0 atom stereocenters. The number of aromatic nitrogens is 2. The van der Waals surface area contributed by atoms with Crippen molar-refractivity contribution >= 4 is 17.7 Å². The highest BCUT2D eigenvalue weighted by atomic mass is 32.2. The summed E-state index contributed by atoms with van der Waals surface area (Å²) in [6.07, 6.45) is 3.99. The van der Waals surface area contributed by atoms with E-state index >= 15 is 0 Å². The summed E-state index contributed by atoms with van der Waals surface area (Å²) in [5.41, 5.74) is 2.87. The molecular weight excluding hydrogens is 326 g/mol. The van der Waals surface area contributed by atoms with Crippen LogP contribution in [0.25, 0.3) is 0 Å². The zero-order valence-electron chi connectivity index (χ0n) is 13.8. The highest BCUT2D eigenvalue weighted by Crippen LogP contribution is 2.40. The molecule has 0 saturated heterocycles. The largest absolute Gasteiger partial charge is 0.457 e. The summed E-state index contributed by atoms with van der Waals surface area (Å²) in [4.78, 5) is 17.1. The number of hydrogen-bond acceptors (Lipinski definition) is 7. The topological polar surface area (TPSA) is 89.0 Å². The van der Waals surface area contributed by atoms with Crippen molar-refractivity contribution in [2.45, 2.75) is 44.2 Å². The fourth-order valence-electron chi connectivity index (χ4n) is 2.47. The predicted molar refractivity (Wildman–Crippen MR) is 87.8 cm³/mol. The Morgan fingerprint density at radius 1 is 1.50 bits per heavy atom. The third-order valence-electron chi connectivity index (χ3n) is 4.06. The maximum absolute atomic E-state index is 12.5. The number of pyridine rings is 1. The Morgan fingerprint density at radius 2 is 2.25 bits per heavy atom. The van der Waals surface area contributed by atoms with Gasteiger partial charge in [-0.05, 0) is 39.0 Å². The summed E-state index contributed by atoms with van der Waals surface area (Å²) in [7, 11) is 0. The normalized spacial score (nSPS) is 13.6. The number of aryl methyl sites for hydroxylation is 2. The number of hydrogen-bond donors (Lipinski definition) is 0. The van der Waals surface area contributed by atoms with E-state index in [4.69, 9.17) is 9.26 Å². The highest BCUT2D eigenvalue weighted by Gasteiger charge is 2.29. The van der Waals surface area contributed by atoms with Gasteiger partial charge in [0.05, 0.1) is 22.4 Å². The van der Waals surface area contributed by atoms with Gasteiger partial charge >= 0.3 is 5.97 Å².